The summed E-state index contributed by atoms with van der Waals surface area (Å²) in [6.45, 7) is -0.219. The number of ether oxygens (including phenoxy) is 1. The van der Waals surface area contributed by atoms with Crippen molar-refractivity contribution in [3.8, 4) is 0 Å². The molecule has 0 saturated carbocycles. The van der Waals surface area contributed by atoms with Gasteiger partial charge in [-0.15, -0.1) is 0 Å². The zero-order valence-electron chi connectivity index (χ0n) is 11.3. The molecule has 0 aliphatic carbocycles. The van der Waals surface area contributed by atoms with Crippen LogP contribution in [-0.4, -0.2) is 44.3 Å². The van der Waals surface area contributed by atoms with Gasteiger partial charge < -0.3 is 4.74 Å². The van der Waals surface area contributed by atoms with Crippen molar-refractivity contribution < 1.29 is 27.3 Å². The van der Waals surface area contributed by atoms with Crippen LogP contribution < -0.4 is 0 Å². The van der Waals surface area contributed by atoms with Crippen LogP contribution in [0, 0.1) is 15.9 Å². The Morgan fingerprint density at radius 2 is 2.10 bits per heavy atom. The lowest BCUT2D eigenvalue weighted by molar-refractivity contribution is -0.388. The largest absolute Gasteiger partial charge is 0.469 e. The number of halogens is 1. The summed E-state index contributed by atoms with van der Waals surface area (Å²) >= 11 is 0. The summed E-state index contributed by atoms with van der Waals surface area (Å²) in [5.74, 6) is -1.54. The minimum absolute atomic E-state index is 0.207. The van der Waals surface area contributed by atoms with Crippen LogP contribution in [-0.2, 0) is 19.6 Å². The van der Waals surface area contributed by atoms with E-state index in [0.717, 1.165) is 30.6 Å². The summed E-state index contributed by atoms with van der Waals surface area (Å²) in [7, 11) is -1.91. The molecule has 1 aromatic rings. The molecule has 0 heterocycles. The molecule has 1 aromatic carbocycles. The molecular weight excluding hydrogens is 307 g/mol. The maximum absolute atomic E-state index is 13.0. The van der Waals surface area contributed by atoms with Gasteiger partial charge in [0.15, 0.2) is 4.90 Å². The molecular formula is C11H13FN2O6S. The number of nitro groups is 1. The van der Waals surface area contributed by atoms with E-state index in [4.69, 9.17) is 0 Å². The summed E-state index contributed by atoms with van der Waals surface area (Å²) < 4.78 is 42.6. The van der Waals surface area contributed by atoms with Gasteiger partial charge in [-0.25, -0.2) is 17.1 Å². The number of carbonyl (C=O) groups excluding carboxylic acids is 1. The molecule has 0 amide bonds. The Kier molecular flexibility index (Phi) is 5.33. The smallest absolute Gasteiger partial charge is 0.306 e. The summed E-state index contributed by atoms with van der Waals surface area (Å²) in [5.41, 5.74) is -0.861. The Morgan fingerprint density at radius 1 is 1.48 bits per heavy atom. The van der Waals surface area contributed by atoms with E-state index < -0.39 is 37.3 Å². The van der Waals surface area contributed by atoms with Crippen molar-refractivity contribution in [2.75, 3.05) is 20.7 Å². The third-order valence-electron chi connectivity index (χ3n) is 2.66. The number of esters is 1. The molecule has 0 saturated heterocycles. The van der Waals surface area contributed by atoms with Gasteiger partial charge in [0.05, 0.1) is 24.5 Å². The topological polar surface area (TPSA) is 107 Å². The second-order valence-electron chi connectivity index (χ2n) is 4.02. The second-order valence-corrected chi connectivity index (χ2v) is 6.04. The molecule has 116 valence electrons. The molecule has 0 aliphatic heterocycles. The first-order valence-corrected chi connectivity index (χ1v) is 7.11. The second kappa shape index (κ2) is 6.59. The van der Waals surface area contributed by atoms with Gasteiger partial charge in [-0.2, -0.15) is 0 Å². The number of nitro benzene ring substituents is 1. The predicted molar refractivity (Wildman–Crippen MR) is 69.5 cm³/mol. The van der Waals surface area contributed by atoms with Crippen molar-refractivity contribution >= 4 is 21.7 Å². The molecule has 21 heavy (non-hydrogen) atoms. The number of nitrogens with zero attached hydrogens (tertiary/aromatic N) is 2. The number of hydrogen-bond donors (Lipinski definition) is 0. The molecule has 0 spiro atoms. The van der Waals surface area contributed by atoms with Gasteiger partial charge in [-0.3, -0.25) is 14.9 Å². The highest BCUT2D eigenvalue weighted by Crippen LogP contribution is 2.26. The summed E-state index contributed by atoms with van der Waals surface area (Å²) in [6.07, 6.45) is -0.207. The monoisotopic (exact) mass is 320 g/mol. The Bertz CT molecular complexity index is 661. The Morgan fingerprint density at radius 3 is 2.62 bits per heavy atom. The van der Waals surface area contributed by atoms with Gasteiger partial charge in [0, 0.05) is 13.6 Å². The van der Waals surface area contributed by atoms with Crippen LogP contribution in [0.5, 0.6) is 0 Å². The van der Waals surface area contributed by atoms with Gasteiger partial charge >= 0.3 is 5.97 Å². The highest BCUT2D eigenvalue weighted by molar-refractivity contribution is 7.89. The standard InChI is InChI=1S/C11H13FN2O6S/c1-13(6-5-11(15)20-2)21(18,19)10-4-3-8(12)7-9(10)14(16)17/h3-4,7H,5-6H2,1-2H3. The summed E-state index contributed by atoms with van der Waals surface area (Å²) in [6, 6.07) is 2.16. The van der Waals surface area contributed by atoms with E-state index in [2.05, 4.69) is 4.74 Å². The molecule has 0 unspecified atom stereocenters. The Labute approximate surface area is 120 Å². The van der Waals surface area contributed by atoms with E-state index in [1.165, 1.54) is 0 Å². The maximum atomic E-state index is 13.0. The molecule has 0 atom stereocenters. The normalized spacial score (nSPS) is 11.4. The minimum atomic E-state index is -4.22. The number of benzene rings is 1. The fourth-order valence-electron chi connectivity index (χ4n) is 1.49. The van der Waals surface area contributed by atoms with E-state index >= 15 is 0 Å². The van der Waals surface area contributed by atoms with Crippen LogP contribution in [0.4, 0.5) is 10.1 Å². The molecule has 10 heteroatoms. The van der Waals surface area contributed by atoms with Gasteiger partial charge in [0.1, 0.15) is 5.82 Å². The number of hydrogen-bond acceptors (Lipinski definition) is 6. The zero-order valence-corrected chi connectivity index (χ0v) is 12.1. The fraction of sp³-hybridized carbons (Fsp3) is 0.364. The van der Waals surface area contributed by atoms with Crippen molar-refractivity contribution in [3.05, 3.63) is 34.1 Å². The fourth-order valence-corrected chi connectivity index (χ4v) is 2.80. The van der Waals surface area contributed by atoms with Crippen molar-refractivity contribution in [2.24, 2.45) is 0 Å². The number of carbonyl (C=O) groups is 1. The first kappa shape index (κ1) is 17.0. The van der Waals surface area contributed by atoms with E-state index in [1.807, 2.05) is 0 Å². The van der Waals surface area contributed by atoms with E-state index in [1.54, 1.807) is 0 Å². The highest BCUT2D eigenvalue weighted by atomic mass is 32.2. The van der Waals surface area contributed by atoms with E-state index in [0.29, 0.717) is 6.07 Å². The SMILES string of the molecule is COC(=O)CCN(C)S(=O)(=O)c1ccc(F)cc1[N+](=O)[O-]. The van der Waals surface area contributed by atoms with Crippen LogP contribution >= 0.6 is 0 Å². The molecule has 0 bridgehead atoms. The maximum Gasteiger partial charge on any atom is 0.306 e. The first-order valence-electron chi connectivity index (χ1n) is 5.67. The predicted octanol–water partition coefficient (Wildman–Crippen LogP) is 0.917. The van der Waals surface area contributed by atoms with Crippen molar-refractivity contribution in [1.29, 1.82) is 0 Å². The average Bonchev–Trinajstić information content (AvgIpc) is 2.43. The number of sulfonamides is 1. The van der Waals surface area contributed by atoms with E-state index in [-0.39, 0.29) is 13.0 Å². The van der Waals surface area contributed by atoms with Crippen LogP contribution in [0.3, 0.4) is 0 Å². The van der Waals surface area contributed by atoms with Crippen LogP contribution in [0.25, 0.3) is 0 Å². The Hall–Kier alpha value is -2.07. The summed E-state index contributed by atoms with van der Waals surface area (Å²) in [5, 5.41) is 10.8. The Balaban J connectivity index is 3.13. The van der Waals surface area contributed by atoms with E-state index in [9.17, 15) is 27.7 Å². The van der Waals surface area contributed by atoms with Gasteiger partial charge in [-0.05, 0) is 12.1 Å². The third kappa shape index (κ3) is 3.95. The van der Waals surface area contributed by atoms with Crippen molar-refractivity contribution in [1.82, 2.24) is 4.31 Å². The molecule has 1 rings (SSSR count). The molecule has 8 nitrogen and oxygen atoms in total. The lowest BCUT2D eigenvalue weighted by Gasteiger charge is -2.16. The van der Waals surface area contributed by atoms with Gasteiger partial charge in [-0.1, -0.05) is 0 Å². The first-order chi connectivity index (χ1) is 9.70. The van der Waals surface area contributed by atoms with Gasteiger partial charge in [0.25, 0.3) is 5.69 Å². The molecule has 0 N–H and O–H groups in total. The number of methoxy groups -OCH3 is 1. The average molecular weight is 320 g/mol. The van der Waals surface area contributed by atoms with Crippen LogP contribution in [0.2, 0.25) is 0 Å². The zero-order chi connectivity index (χ0) is 16.2. The van der Waals surface area contributed by atoms with Crippen molar-refractivity contribution in [3.63, 3.8) is 0 Å². The molecule has 0 radical (unpaired) electrons. The quantitative estimate of drug-likeness (QED) is 0.438. The molecule has 0 aliphatic rings. The molecule has 0 fully saturated rings. The summed E-state index contributed by atoms with van der Waals surface area (Å²) in [4.78, 5) is 20.2. The minimum Gasteiger partial charge on any atom is -0.469 e. The number of rotatable bonds is 6. The molecule has 0 aromatic heterocycles. The lowest BCUT2D eigenvalue weighted by atomic mass is 10.3. The lowest BCUT2D eigenvalue weighted by Crippen LogP contribution is -2.30. The van der Waals surface area contributed by atoms with Gasteiger partial charge in [0.2, 0.25) is 10.0 Å². The third-order valence-corrected chi connectivity index (χ3v) is 4.57. The van der Waals surface area contributed by atoms with Crippen LogP contribution in [0.1, 0.15) is 6.42 Å². The van der Waals surface area contributed by atoms with Crippen molar-refractivity contribution in [2.45, 2.75) is 11.3 Å². The van der Waals surface area contributed by atoms with Crippen LogP contribution in [0.15, 0.2) is 23.1 Å². The highest BCUT2D eigenvalue weighted by Gasteiger charge is 2.30.